The van der Waals surface area contributed by atoms with Crippen LogP contribution in [0.5, 0.6) is 11.5 Å². The molecule has 0 aliphatic heterocycles. The van der Waals surface area contributed by atoms with E-state index in [0.29, 0.717) is 12.4 Å². The highest BCUT2D eigenvalue weighted by Crippen LogP contribution is 2.28. The molecule has 36 heavy (non-hydrogen) atoms. The number of aromatic nitrogens is 1. The number of hydrogen-bond donors (Lipinski definition) is 1. The minimum Gasteiger partial charge on any atom is -0.488 e. The van der Waals surface area contributed by atoms with Crippen LogP contribution in [0.15, 0.2) is 85.1 Å². The summed E-state index contributed by atoms with van der Waals surface area (Å²) in [6.07, 6.45) is -3.01. The van der Waals surface area contributed by atoms with E-state index >= 15 is 0 Å². The predicted molar refractivity (Wildman–Crippen MR) is 127 cm³/mol. The molecule has 0 aliphatic rings. The summed E-state index contributed by atoms with van der Waals surface area (Å²) in [5.41, 5.74) is 0.655. The molecule has 4 aromatic rings. The van der Waals surface area contributed by atoms with Gasteiger partial charge in [0.15, 0.2) is 0 Å². The van der Waals surface area contributed by atoms with E-state index in [1.807, 2.05) is 65.4 Å². The van der Waals surface area contributed by atoms with E-state index < -0.39 is 23.6 Å². The monoisotopic (exact) mass is 493 g/mol. The first-order valence-electron chi connectivity index (χ1n) is 11.0. The van der Waals surface area contributed by atoms with Crippen molar-refractivity contribution in [3.05, 3.63) is 96.2 Å². The molecule has 3 aromatic carbocycles. The van der Waals surface area contributed by atoms with Gasteiger partial charge in [-0.25, -0.2) is 0 Å². The molecule has 0 saturated heterocycles. The number of amides is 1. The van der Waals surface area contributed by atoms with Gasteiger partial charge in [0.1, 0.15) is 23.6 Å². The largest absolute Gasteiger partial charge is 0.573 e. The molecule has 6 nitrogen and oxygen atoms in total. The molecule has 1 atom stereocenters. The van der Waals surface area contributed by atoms with Crippen molar-refractivity contribution >= 4 is 16.8 Å². The molecule has 1 N–H and O–H groups in total. The maximum absolute atomic E-state index is 12.7. The second-order valence-electron chi connectivity index (χ2n) is 8.38. The van der Waals surface area contributed by atoms with Gasteiger partial charge < -0.3 is 19.4 Å². The maximum atomic E-state index is 12.7. The van der Waals surface area contributed by atoms with Gasteiger partial charge in [0.05, 0.1) is 18.1 Å². The number of nitrogens with one attached hydrogen (secondary N) is 1. The molecule has 0 radical (unpaired) electrons. The molecule has 9 heteroatoms. The summed E-state index contributed by atoms with van der Waals surface area (Å²) in [5.74, 6) is -0.342. The smallest absolute Gasteiger partial charge is 0.488 e. The van der Waals surface area contributed by atoms with Crippen molar-refractivity contribution in [3.8, 4) is 17.6 Å². The van der Waals surface area contributed by atoms with Crippen molar-refractivity contribution in [1.29, 1.82) is 5.26 Å². The normalized spacial score (nSPS) is 13.0. The lowest BCUT2D eigenvalue weighted by molar-refractivity contribution is -0.274. The van der Waals surface area contributed by atoms with Gasteiger partial charge in [0.25, 0.3) is 5.91 Å². The Balaban J connectivity index is 1.48. The fraction of sp³-hybridized carbons (Fsp3) is 0.185. The molecule has 184 valence electrons. The molecule has 1 aromatic heterocycles. The summed E-state index contributed by atoms with van der Waals surface area (Å²) >= 11 is 0. The first kappa shape index (κ1) is 24.7. The Morgan fingerprint density at radius 3 is 2.39 bits per heavy atom. The molecule has 0 bridgehead atoms. The third kappa shape index (κ3) is 5.96. The lowest BCUT2D eigenvalue weighted by atomic mass is 10.0. The third-order valence-electron chi connectivity index (χ3n) is 5.48. The number of hydrogen-bond acceptors (Lipinski definition) is 4. The van der Waals surface area contributed by atoms with Crippen LogP contribution in [0.3, 0.4) is 0 Å². The Morgan fingerprint density at radius 2 is 1.72 bits per heavy atom. The molecular weight excluding hydrogens is 471 g/mol. The van der Waals surface area contributed by atoms with E-state index in [2.05, 4.69) is 16.1 Å². The first-order chi connectivity index (χ1) is 17.2. The molecule has 0 fully saturated rings. The Bertz CT molecular complexity index is 1390. The van der Waals surface area contributed by atoms with Crippen LogP contribution in [0.4, 0.5) is 13.2 Å². The highest BCUT2D eigenvalue weighted by molar-refractivity contribution is 5.95. The topological polar surface area (TPSA) is 76.3 Å². The average molecular weight is 493 g/mol. The Kier molecular flexibility index (Phi) is 6.88. The number of alkyl halides is 3. The molecule has 1 amide bonds. The third-order valence-corrected chi connectivity index (χ3v) is 5.48. The van der Waals surface area contributed by atoms with Gasteiger partial charge in [0.2, 0.25) is 0 Å². The van der Waals surface area contributed by atoms with Crippen molar-refractivity contribution in [2.24, 2.45) is 0 Å². The van der Waals surface area contributed by atoms with Crippen LogP contribution in [-0.4, -0.2) is 22.4 Å². The average Bonchev–Trinajstić information content (AvgIpc) is 3.25. The summed E-state index contributed by atoms with van der Waals surface area (Å²) < 4.78 is 48.7. The zero-order valence-corrected chi connectivity index (χ0v) is 19.3. The van der Waals surface area contributed by atoms with E-state index in [9.17, 15) is 23.2 Å². The minimum atomic E-state index is -4.82. The molecule has 0 aliphatic carbocycles. The van der Waals surface area contributed by atoms with Crippen molar-refractivity contribution in [1.82, 2.24) is 9.88 Å². The van der Waals surface area contributed by atoms with Crippen molar-refractivity contribution in [2.75, 3.05) is 0 Å². The van der Waals surface area contributed by atoms with Gasteiger partial charge in [-0.1, -0.05) is 36.4 Å². The number of benzene rings is 3. The Labute approximate surface area is 205 Å². The van der Waals surface area contributed by atoms with Crippen LogP contribution >= 0.6 is 0 Å². The van der Waals surface area contributed by atoms with Crippen LogP contribution in [0.2, 0.25) is 0 Å². The molecule has 1 unspecified atom stereocenters. The number of rotatable bonds is 8. The predicted octanol–water partition coefficient (Wildman–Crippen LogP) is 5.83. The van der Waals surface area contributed by atoms with E-state index in [-0.39, 0.29) is 12.1 Å². The van der Waals surface area contributed by atoms with Crippen LogP contribution in [0, 0.1) is 11.3 Å². The number of nitrogens with zero attached hydrogens (tertiary/aromatic N) is 2. The fourth-order valence-electron chi connectivity index (χ4n) is 3.77. The zero-order valence-electron chi connectivity index (χ0n) is 19.3. The summed E-state index contributed by atoms with van der Waals surface area (Å²) in [4.78, 5) is 12.7. The second-order valence-corrected chi connectivity index (χ2v) is 8.38. The lowest BCUT2D eigenvalue weighted by Crippen LogP contribution is -2.47. The fourth-order valence-corrected chi connectivity index (χ4v) is 3.77. The van der Waals surface area contributed by atoms with Gasteiger partial charge in [-0.3, -0.25) is 4.79 Å². The minimum absolute atomic E-state index is 0.0972. The molecule has 0 saturated carbocycles. The highest BCUT2D eigenvalue weighted by atomic mass is 19.4. The summed E-state index contributed by atoms with van der Waals surface area (Å²) in [6, 6.07) is 23.9. The van der Waals surface area contributed by atoms with Crippen molar-refractivity contribution in [3.63, 3.8) is 0 Å². The van der Waals surface area contributed by atoms with Crippen LogP contribution in [-0.2, 0) is 13.2 Å². The van der Waals surface area contributed by atoms with Gasteiger partial charge >= 0.3 is 6.36 Å². The first-order valence-corrected chi connectivity index (χ1v) is 11.0. The van der Waals surface area contributed by atoms with Gasteiger partial charge in [-0.15, -0.1) is 13.2 Å². The molecule has 1 heterocycles. The van der Waals surface area contributed by atoms with Gasteiger partial charge in [-0.2, -0.15) is 5.26 Å². The van der Waals surface area contributed by atoms with Gasteiger partial charge in [-0.05, 0) is 55.0 Å². The highest BCUT2D eigenvalue weighted by Gasteiger charge is 2.31. The SMILES string of the molecule is CC(C#N)(Cn1ccc2c(OCc3ccccc3)cccc21)NC(=O)c1ccc(OC(F)(F)F)cc1. The van der Waals surface area contributed by atoms with Crippen LogP contribution in [0.1, 0.15) is 22.8 Å². The lowest BCUT2D eigenvalue weighted by Gasteiger charge is -2.24. The quantitative estimate of drug-likeness (QED) is 0.335. The second kappa shape index (κ2) is 10.0. The van der Waals surface area contributed by atoms with Crippen molar-refractivity contribution in [2.45, 2.75) is 32.0 Å². The van der Waals surface area contributed by atoms with E-state index in [1.165, 1.54) is 12.1 Å². The van der Waals surface area contributed by atoms with Crippen LogP contribution in [0.25, 0.3) is 10.9 Å². The Morgan fingerprint density at radius 1 is 1.00 bits per heavy atom. The number of carbonyl (C=O) groups is 1. The molecule has 0 spiro atoms. The standard InChI is InChI=1S/C27H22F3N3O3/c1-26(17-31,32-25(34)20-10-12-21(13-11-20)36-27(28,29)30)18-33-15-14-22-23(33)8-5-9-24(22)35-16-19-6-3-2-4-7-19/h2-15H,16,18H2,1H3,(H,32,34). The number of carbonyl (C=O) groups excluding carboxylic acids is 1. The van der Waals surface area contributed by atoms with Crippen LogP contribution < -0.4 is 14.8 Å². The number of fused-ring (bicyclic) bond motifs is 1. The molecule has 4 rings (SSSR count). The number of halogens is 3. The zero-order chi connectivity index (χ0) is 25.8. The van der Waals surface area contributed by atoms with E-state index in [4.69, 9.17) is 4.74 Å². The van der Waals surface area contributed by atoms with E-state index in [0.717, 1.165) is 28.6 Å². The summed E-state index contributed by atoms with van der Waals surface area (Å²) in [5, 5.41) is 13.4. The summed E-state index contributed by atoms with van der Waals surface area (Å²) in [7, 11) is 0. The number of nitriles is 1. The van der Waals surface area contributed by atoms with E-state index in [1.54, 1.807) is 6.92 Å². The number of ether oxygens (including phenoxy) is 2. The summed E-state index contributed by atoms with van der Waals surface area (Å²) in [6.45, 7) is 2.12. The molecular formula is C27H22F3N3O3. The Hall–Kier alpha value is -4.45. The van der Waals surface area contributed by atoms with Gasteiger partial charge in [0, 0.05) is 17.1 Å². The maximum Gasteiger partial charge on any atom is 0.573 e. The van der Waals surface area contributed by atoms with Crippen molar-refractivity contribution < 1.29 is 27.4 Å².